The van der Waals surface area contributed by atoms with Gasteiger partial charge in [0.15, 0.2) is 0 Å². The van der Waals surface area contributed by atoms with E-state index in [1.807, 2.05) is 52.3 Å². The quantitative estimate of drug-likeness (QED) is 0.160. The first kappa shape index (κ1) is 75.8. The van der Waals surface area contributed by atoms with Crippen LogP contribution in [0.15, 0.2) is 461 Å². The molecule has 7 heteroatoms. The molecule has 133 heavy (non-hydrogen) atoms. The summed E-state index contributed by atoms with van der Waals surface area (Å²) in [5.41, 5.74) is 44.5. The van der Waals surface area contributed by atoms with Crippen molar-refractivity contribution < 1.29 is 0 Å². The van der Waals surface area contributed by atoms with Gasteiger partial charge in [0.1, 0.15) is 5.82 Å². The van der Waals surface area contributed by atoms with Crippen LogP contribution >= 0.6 is 34.0 Å². The Bertz CT molecular complexity index is 8870. The van der Waals surface area contributed by atoms with E-state index in [0.29, 0.717) is 0 Å². The third-order valence-electron chi connectivity index (χ3n) is 29.1. The minimum atomic E-state index is -0.358. The highest BCUT2D eigenvalue weighted by Crippen LogP contribution is 2.71. The summed E-state index contributed by atoms with van der Waals surface area (Å²) in [4.78, 5) is 19.3. The minimum Gasteiger partial charge on any atom is -0.292 e. The van der Waals surface area contributed by atoms with Crippen LogP contribution in [0.3, 0.4) is 0 Å². The molecule has 0 radical (unpaired) electrons. The van der Waals surface area contributed by atoms with Gasteiger partial charge in [-0.15, -0.1) is 34.0 Å². The third kappa shape index (κ3) is 10.8. The lowest BCUT2D eigenvalue weighted by atomic mass is 9.73. The summed E-state index contributed by atoms with van der Waals surface area (Å²) in [6, 6.07) is 167. The number of benzene rings is 18. The topological polar surface area (TPSA) is 43.6 Å². The van der Waals surface area contributed by atoms with Gasteiger partial charge in [0.05, 0.1) is 44.2 Å². The fraction of sp³-hybridized carbons (Fsp3) is 0.0238. The van der Waals surface area contributed by atoms with Gasteiger partial charge in [-0.2, -0.15) is 0 Å². The van der Waals surface area contributed by atoms with Gasteiger partial charge in [-0.3, -0.25) is 9.55 Å². The molecule has 0 aliphatic heterocycles. The summed E-state index contributed by atoms with van der Waals surface area (Å²) in [5.74, 6) is 0.948. The molecule has 24 aromatic rings. The van der Waals surface area contributed by atoms with E-state index >= 15 is 0 Å². The van der Waals surface area contributed by atoms with Gasteiger partial charge in [-0.05, 0) is 212 Å². The fourth-order valence-electron chi connectivity index (χ4n) is 23.7. The monoisotopic (exact) mass is 1740 g/mol. The summed E-state index contributed by atoms with van der Waals surface area (Å²) in [6.07, 6.45) is 1.85. The molecule has 0 amide bonds. The van der Waals surface area contributed by atoms with Crippen molar-refractivity contribution in [3.8, 4) is 140 Å². The molecular weight excluding hydrogens is 1670 g/mol. The highest BCUT2D eigenvalue weighted by molar-refractivity contribution is 7.21. The SMILES string of the molecule is c1ccc(-c2cc(-c3cccc4c3-c3c(sc5ccccc35)C43c4ccccc4-c4ccccc43)c3ccccc3n2)cc1.c1ccc(-c2ccc(-c3ccc4c(c3)-c3c(sc5ccccc35)C43c4ccccc4-c4ccccc43)cc2)nc1.c1ccc(-c2ccc(-n3c(-c4ccc5c(c4)-c4ccccc4C54c5ccccc5-c5c4sc4ccccc54)nc4ccccc43)cc2)cc1. The maximum absolute atomic E-state index is 5.28. The van der Waals surface area contributed by atoms with Gasteiger partial charge >= 0.3 is 0 Å². The van der Waals surface area contributed by atoms with E-state index in [9.17, 15) is 0 Å². The van der Waals surface area contributed by atoms with Crippen LogP contribution in [-0.4, -0.2) is 19.5 Å². The molecule has 3 spiro atoms. The first-order valence-corrected chi connectivity index (χ1v) is 48.1. The molecular formula is C126H76N4S3. The van der Waals surface area contributed by atoms with Crippen LogP contribution in [0.4, 0.5) is 0 Å². The number of thiophene rings is 3. The summed E-state index contributed by atoms with van der Waals surface area (Å²) < 4.78 is 6.35. The molecule has 1 atom stereocenters. The first-order valence-electron chi connectivity index (χ1n) is 45.7. The normalized spacial score (nSPS) is 14.3. The van der Waals surface area contributed by atoms with Gasteiger partial charge in [-0.1, -0.05) is 376 Å². The number of imidazole rings is 1. The number of fused-ring (bicyclic) bond motifs is 38. The number of hydrogen-bond acceptors (Lipinski definition) is 6. The average Bonchev–Trinajstić information content (AvgIpc) is 1.49. The van der Waals surface area contributed by atoms with Crippen molar-refractivity contribution in [2.24, 2.45) is 0 Å². The summed E-state index contributed by atoms with van der Waals surface area (Å²) in [7, 11) is 0. The number of rotatable bonds is 7. The number of nitrogens with zero attached hydrogens (tertiary/aromatic N) is 4. The van der Waals surface area contributed by atoms with E-state index in [1.165, 1.54) is 200 Å². The van der Waals surface area contributed by atoms with E-state index in [1.54, 1.807) is 0 Å². The van der Waals surface area contributed by atoms with Gasteiger partial charge in [-0.25, -0.2) is 9.97 Å². The van der Waals surface area contributed by atoms with Gasteiger partial charge in [0.25, 0.3) is 0 Å². The predicted octanol–water partition coefficient (Wildman–Crippen LogP) is 33.0. The molecule has 4 nitrogen and oxygen atoms in total. The van der Waals surface area contributed by atoms with Crippen molar-refractivity contribution in [1.82, 2.24) is 19.5 Å². The van der Waals surface area contributed by atoms with Crippen LogP contribution in [0.1, 0.15) is 64.7 Å². The number of hydrogen-bond donors (Lipinski definition) is 0. The smallest absolute Gasteiger partial charge is 0.145 e. The summed E-state index contributed by atoms with van der Waals surface area (Å²) in [5, 5.41) is 5.21. The van der Waals surface area contributed by atoms with Crippen LogP contribution in [0.2, 0.25) is 0 Å². The van der Waals surface area contributed by atoms with E-state index in [4.69, 9.17) is 9.97 Å². The molecule has 30 rings (SSSR count). The predicted molar refractivity (Wildman–Crippen MR) is 555 cm³/mol. The zero-order valence-corrected chi connectivity index (χ0v) is 74.3. The van der Waals surface area contributed by atoms with E-state index in [0.717, 1.165) is 56.1 Å². The molecule has 0 N–H and O–H groups in total. The highest BCUT2D eigenvalue weighted by atomic mass is 32.1. The lowest BCUT2D eigenvalue weighted by Gasteiger charge is -2.29. The average molecular weight is 1740 g/mol. The zero-order chi connectivity index (χ0) is 87.2. The number of pyridine rings is 2. The largest absolute Gasteiger partial charge is 0.292 e. The van der Waals surface area contributed by atoms with Crippen molar-refractivity contribution in [2.75, 3.05) is 0 Å². The Morgan fingerprint density at radius 1 is 0.203 bits per heavy atom. The Kier molecular flexibility index (Phi) is 16.8. The second kappa shape index (κ2) is 29.4. The maximum atomic E-state index is 5.28. The van der Waals surface area contributed by atoms with Gasteiger partial charge in [0, 0.05) is 95.5 Å². The molecule has 0 saturated heterocycles. The highest BCUT2D eigenvalue weighted by Gasteiger charge is 2.57. The molecule has 0 saturated carbocycles. The fourth-order valence-corrected chi connectivity index (χ4v) is 28.0. The Morgan fingerprint density at radius 2 is 0.579 bits per heavy atom. The minimum absolute atomic E-state index is 0.289. The second-order valence-corrected chi connectivity index (χ2v) is 38.7. The molecule has 18 aromatic carbocycles. The molecule has 6 aromatic heterocycles. The van der Waals surface area contributed by atoms with Crippen molar-refractivity contribution in [3.05, 3.63) is 526 Å². The Balaban J connectivity index is 0.000000100. The second-order valence-electron chi connectivity index (χ2n) is 35.6. The number of para-hydroxylation sites is 3. The van der Waals surface area contributed by atoms with E-state index < -0.39 is 0 Å². The van der Waals surface area contributed by atoms with Crippen LogP contribution in [0.5, 0.6) is 0 Å². The molecule has 0 bridgehead atoms. The number of aromatic nitrogens is 4. The summed E-state index contributed by atoms with van der Waals surface area (Å²) in [6.45, 7) is 0. The van der Waals surface area contributed by atoms with Crippen molar-refractivity contribution in [2.45, 2.75) is 16.2 Å². The standard InChI is InChI=1S/C46H28N2S.C42H25NS.C38H23NS/c1-2-12-29(13-3-1)30-22-25-32(26-23-30)48-41-20-10-9-19-40(41)47-45(48)31-24-27-39-36(28-31)33-14-4-7-17-37(33)46(39)38-18-8-5-15-34(38)43-35-16-6-11-21-42(35)49-44(43)46;1-2-13-26(14-3-1)37-25-32(29-17-6-10-23-36(29)43-37)30-19-12-22-35-39(30)40-31-18-7-11-24-38(31)44-41(40)42(35)33-20-8-4-15-27(33)28-16-5-9-21-34(28)42;1-4-12-31-27(9-1)28-10-2-5-13-32(28)38(31)33-21-20-26(24-16-18-25(19-17-24)34-14-7-8-22-39-34)23-30(33)36-29-11-3-6-15-35(29)40-37(36)38/h1-28H;1-25H;1-23H. The van der Waals surface area contributed by atoms with E-state index in [-0.39, 0.29) is 16.2 Å². The zero-order valence-electron chi connectivity index (χ0n) is 71.9. The molecule has 1 unspecified atom stereocenters. The molecule has 6 aliphatic rings. The van der Waals surface area contributed by atoms with Crippen LogP contribution in [0.25, 0.3) is 192 Å². The van der Waals surface area contributed by atoms with Gasteiger partial charge < -0.3 is 0 Å². The third-order valence-corrected chi connectivity index (χ3v) is 32.9. The maximum Gasteiger partial charge on any atom is 0.145 e. The Labute approximate surface area is 781 Å². The van der Waals surface area contributed by atoms with E-state index in [2.05, 4.69) is 452 Å². The van der Waals surface area contributed by atoms with Crippen LogP contribution in [-0.2, 0) is 16.2 Å². The van der Waals surface area contributed by atoms with Crippen molar-refractivity contribution in [3.63, 3.8) is 0 Å². The Morgan fingerprint density at radius 3 is 1.16 bits per heavy atom. The van der Waals surface area contributed by atoms with Crippen LogP contribution < -0.4 is 0 Å². The van der Waals surface area contributed by atoms with Crippen molar-refractivity contribution in [1.29, 1.82) is 0 Å². The lowest BCUT2D eigenvalue weighted by Crippen LogP contribution is -2.24. The van der Waals surface area contributed by atoms with Gasteiger partial charge in [0.2, 0.25) is 0 Å². The summed E-state index contributed by atoms with van der Waals surface area (Å²) >= 11 is 5.87. The Hall–Kier alpha value is -16.1. The van der Waals surface area contributed by atoms with Crippen molar-refractivity contribution >= 4 is 86.2 Å². The molecule has 0 fully saturated rings. The molecule has 618 valence electrons. The van der Waals surface area contributed by atoms with Crippen LogP contribution in [0, 0.1) is 0 Å². The lowest BCUT2D eigenvalue weighted by molar-refractivity contribution is 0.811. The molecule has 6 aliphatic carbocycles. The first-order chi connectivity index (χ1) is 66.0. The molecule has 6 heterocycles.